The Hall–Kier alpha value is -2.77. The molecule has 0 fully saturated rings. The van der Waals surface area contributed by atoms with Crippen molar-refractivity contribution in [1.29, 1.82) is 0 Å². The molecule has 0 saturated carbocycles. The van der Waals surface area contributed by atoms with E-state index in [2.05, 4.69) is 22.0 Å². The number of para-hydroxylation sites is 1. The molecule has 0 radical (unpaired) electrons. The molecule has 2 aromatic carbocycles. The lowest BCUT2D eigenvalue weighted by Gasteiger charge is -2.43. The summed E-state index contributed by atoms with van der Waals surface area (Å²) in [6.45, 7) is 7.92. The summed E-state index contributed by atoms with van der Waals surface area (Å²) < 4.78 is 52.2. The quantitative estimate of drug-likeness (QED) is 0.365. The molecule has 0 bridgehead atoms. The van der Waals surface area contributed by atoms with Gasteiger partial charge in [-0.25, -0.2) is 13.2 Å². The predicted molar refractivity (Wildman–Crippen MR) is 142 cm³/mol. The van der Waals surface area contributed by atoms with Gasteiger partial charge in [-0.15, -0.1) is 0 Å². The van der Waals surface area contributed by atoms with Crippen LogP contribution in [0.2, 0.25) is 0 Å². The van der Waals surface area contributed by atoms with E-state index in [4.69, 9.17) is 4.74 Å². The normalized spacial score (nSPS) is 21.2. The Kier molecular flexibility index (Phi) is 7.37. The van der Waals surface area contributed by atoms with Gasteiger partial charge in [0.15, 0.2) is 0 Å². The highest BCUT2D eigenvalue weighted by molar-refractivity contribution is 5.85. The van der Waals surface area contributed by atoms with Crippen molar-refractivity contribution >= 4 is 10.9 Å². The summed E-state index contributed by atoms with van der Waals surface area (Å²) in [5, 5.41) is 1.04. The molecule has 2 aliphatic rings. The number of allylic oxidation sites excluding steroid dienone is 1. The van der Waals surface area contributed by atoms with Crippen molar-refractivity contribution < 1.29 is 17.9 Å². The number of aromatic amines is 1. The number of ether oxygens (including phenoxy) is 1. The number of hydrogen-bond donors (Lipinski definition) is 1. The molecule has 0 aliphatic carbocycles. The van der Waals surface area contributed by atoms with Gasteiger partial charge in [-0.05, 0) is 58.2 Å². The first kappa shape index (κ1) is 25.9. The number of rotatable bonds is 7. The van der Waals surface area contributed by atoms with Crippen LogP contribution in [0.1, 0.15) is 56.5 Å². The standard InChI is InChI=1S/C30H36F3N3O/c1-20-16-23-22-10-6-7-11-26(22)34-28(23)29(36(20)19-30(2,3)33)27-24(31)17-21(18-25(27)32)37-15-14-35-12-8-4-5-9-13-35/h4,6-8,10-11,17-18,20,29,34H,5,9,12-16,19H2,1-3H3/t20-,29-/m1/s1. The molecule has 1 aromatic heterocycles. The van der Waals surface area contributed by atoms with Crippen molar-refractivity contribution in [3.8, 4) is 5.75 Å². The first-order valence-corrected chi connectivity index (χ1v) is 13.2. The highest BCUT2D eigenvalue weighted by Gasteiger charge is 2.41. The predicted octanol–water partition coefficient (Wildman–Crippen LogP) is 6.56. The molecule has 0 amide bonds. The fraction of sp³-hybridized carbons (Fsp3) is 0.467. The zero-order valence-corrected chi connectivity index (χ0v) is 21.9. The van der Waals surface area contributed by atoms with E-state index in [0.29, 0.717) is 19.6 Å². The van der Waals surface area contributed by atoms with Crippen LogP contribution in [0.5, 0.6) is 5.75 Å². The SMILES string of the molecule is C[C@@H]1Cc2c([nH]c3ccccc23)[C@@H](c2c(F)cc(OCCN3CC=CCCC3)cc2F)N1CC(C)(C)F. The summed E-state index contributed by atoms with van der Waals surface area (Å²) in [4.78, 5) is 7.55. The van der Waals surface area contributed by atoms with Gasteiger partial charge < -0.3 is 9.72 Å². The largest absolute Gasteiger partial charge is 0.492 e. The zero-order chi connectivity index (χ0) is 26.2. The average Bonchev–Trinajstić information content (AvgIpc) is 2.99. The summed E-state index contributed by atoms with van der Waals surface area (Å²) in [5.41, 5.74) is 1.06. The highest BCUT2D eigenvalue weighted by Crippen LogP contribution is 2.43. The zero-order valence-electron chi connectivity index (χ0n) is 21.9. The number of alkyl halides is 1. The first-order chi connectivity index (χ1) is 17.7. The van der Waals surface area contributed by atoms with Gasteiger partial charge >= 0.3 is 0 Å². The van der Waals surface area contributed by atoms with Crippen LogP contribution in [0.3, 0.4) is 0 Å². The smallest absolute Gasteiger partial charge is 0.135 e. The van der Waals surface area contributed by atoms with Crippen LogP contribution < -0.4 is 4.74 Å². The van der Waals surface area contributed by atoms with E-state index in [0.717, 1.165) is 48.1 Å². The van der Waals surface area contributed by atoms with Crippen LogP contribution in [-0.4, -0.2) is 59.3 Å². The van der Waals surface area contributed by atoms with Gasteiger partial charge in [0.1, 0.15) is 29.7 Å². The first-order valence-electron chi connectivity index (χ1n) is 13.2. The molecule has 0 spiro atoms. The summed E-state index contributed by atoms with van der Waals surface area (Å²) in [6.07, 6.45) is 7.17. The summed E-state index contributed by atoms with van der Waals surface area (Å²) in [7, 11) is 0. The van der Waals surface area contributed by atoms with E-state index in [-0.39, 0.29) is 23.9 Å². The van der Waals surface area contributed by atoms with Crippen molar-refractivity contribution in [3.05, 3.63) is 77.0 Å². The van der Waals surface area contributed by atoms with E-state index in [1.54, 1.807) is 0 Å². The van der Waals surface area contributed by atoms with E-state index in [1.165, 1.54) is 26.0 Å². The average molecular weight is 512 g/mol. The van der Waals surface area contributed by atoms with Crippen molar-refractivity contribution in [2.45, 2.75) is 57.8 Å². The number of hydrogen-bond acceptors (Lipinski definition) is 3. The third kappa shape index (κ3) is 5.58. The number of aromatic nitrogens is 1. The molecule has 4 nitrogen and oxygen atoms in total. The molecule has 1 N–H and O–H groups in total. The molecule has 2 aliphatic heterocycles. The third-order valence-corrected chi connectivity index (χ3v) is 7.45. The Morgan fingerprint density at radius 1 is 1.11 bits per heavy atom. The second kappa shape index (κ2) is 10.5. The number of halogens is 3. The molecule has 3 aromatic rings. The number of nitrogens with one attached hydrogen (secondary N) is 1. The van der Waals surface area contributed by atoms with Crippen LogP contribution in [0.25, 0.3) is 10.9 Å². The third-order valence-electron chi connectivity index (χ3n) is 7.45. The molecule has 198 valence electrons. The van der Waals surface area contributed by atoms with Gasteiger partial charge in [0.25, 0.3) is 0 Å². The molecule has 3 heterocycles. The minimum Gasteiger partial charge on any atom is -0.492 e. The fourth-order valence-corrected chi connectivity index (χ4v) is 5.77. The molecule has 0 unspecified atom stereocenters. The second-order valence-electron chi connectivity index (χ2n) is 11.0. The highest BCUT2D eigenvalue weighted by atomic mass is 19.1. The minimum atomic E-state index is -1.53. The number of benzene rings is 2. The maximum absolute atomic E-state index is 15.7. The summed E-state index contributed by atoms with van der Waals surface area (Å²) >= 11 is 0. The van der Waals surface area contributed by atoms with Crippen LogP contribution in [0.15, 0.2) is 48.6 Å². The monoisotopic (exact) mass is 511 g/mol. The number of fused-ring (bicyclic) bond motifs is 3. The minimum absolute atomic E-state index is 0.0506. The maximum Gasteiger partial charge on any atom is 0.135 e. The molecule has 5 rings (SSSR count). The van der Waals surface area contributed by atoms with Gasteiger partial charge in [-0.2, -0.15) is 0 Å². The lowest BCUT2D eigenvalue weighted by molar-refractivity contribution is 0.0642. The van der Waals surface area contributed by atoms with Gasteiger partial charge in [0.05, 0.1) is 6.04 Å². The van der Waals surface area contributed by atoms with Crippen LogP contribution >= 0.6 is 0 Å². The Balaban J connectivity index is 1.47. The molecular weight excluding hydrogens is 475 g/mol. The van der Waals surface area contributed by atoms with Crippen LogP contribution in [0.4, 0.5) is 13.2 Å². The lowest BCUT2D eigenvalue weighted by Crippen LogP contribution is -2.48. The van der Waals surface area contributed by atoms with Gasteiger partial charge in [-0.3, -0.25) is 9.80 Å². The van der Waals surface area contributed by atoms with E-state index in [9.17, 15) is 4.39 Å². The van der Waals surface area contributed by atoms with E-state index in [1.807, 2.05) is 36.1 Å². The lowest BCUT2D eigenvalue weighted by atomic mass is 9.87. The van der Waals surface area contributed by atoms with Crippen LogP contribution in [-0.2, 0) is 6.42 Å². The van der Waals surface area contributed by atoms with Crippen molar-refractivity contribution in [1.82, 2.24) is 14.8 Å². The second-order valence-corrected chi connectivity index (χ2v) is 11.0. The van der Waals surface area contributed by atoms with Gasteiger partial charge in [0, 0.05) is 60.0 Å². The Bertz CT molecular complexity index is 1260. The van der Waals surface area contributed by atoms with Crippen LogP contribution in [0, 0.1) is 11.6 Å². The van der Waals surface area contributed by atoms with Crippen molar-refractivity contribution in [2.75, 3.05) is 32.8 Å². The molecule has 37 heavy (non-hydrogen) atoms. The van der Waals surface area contributed by atoms with Crippen molar-refractivity contribution in [2.24, 2.45) is 0 Å². The fourth-order valence-electron chi connectivity index (χ4n) is 5.77. The molecular formula is C30H36F3N3O. The van der Waals surface area contributed by atoms with Gasteiger partial charge in [-0.1, -0.05) is 30.4 Å². The maximum atomic E-state index is 15.7. The topological polar surface area (TPSA) is 31.5 Å². The Morgan fingerprint density at radius 3 is 2.62 bits per heavy atom. The molecule has 7 heteroatoms. The Morgan fingerprint density at radius 2 is 1.86 bits per heavy atom. The van der Waals surface area contributed by atoms with Crippen molar-refractivity contribution in [3.63, 3.8) is 0 Å². The molecule has 2 atom stereocenters. The van der Waals surface area contributed by atoms with E-state index < -0.39 is 23.3 Å². The number of H-pyrrole nitrogens is 1. The van der Waals surface area contributed by atoms with E-state index >= 15 is 8.78 Å². The Labute approximate surface area is 217 Å². The van der Waals surface area contributed by atoms with Gasteiger partial charge in [0.2, 0.25) is 0 Å². The summed E-state index contributed by atoms with van der Waals surface area (Å²) in [6, 6.07) is 9.52. The number of nitrogens with zero attached hydrogens (tertiary/aromatic N) is 2. The molecule has 0 saturated heterocycles. The summed E-state index contributed by atoms with van der Waals surface area (Å²) in [5.74, 6) is -1.20.